The van der Waals surface area contributed by atoms with E-state index < -0.39 is 0 Å². The van der Waals surface area contributed by atoms with Crippen molar-refractivity contribution in [1.82, 2.24) is 4.57 Å². The van der Waals surface area contributed by atoms with Gasteiger partial charge in [-0.2, -0.15) is 0 Å². The minimum absolute atomic E-state index is 0.0785. The number of nitrogens with zero attached hydrogens (tertiary/aromatic N) is 1. The molecule has 0 saturated heterocycles. The maximum atomic E-state index is 6.52. The van der Waals surface area contributed by atoms with Gasteiger partial charge in [0.1, 0.15) is 11.2 Å². The first-order valence-corrected chi connectivity index (χ1v) is 21.9. The number of para-hydroxylation sites is 1. The molecule has 5 heteroatoms. The van der Waals surface area contributed by atoms with E-state index in [2.05, 4.69) is 190 Å². The van der Waals surface area contributed by atoms with Crippen LogP contribution in [0.25, 0.3) is 91.9 Å². The van der Waals surface area contributed by atoms with Gasteiger partial charge in [-0.05, 0) is 104 Å². The Hall–Kier alpha value is -6.56. The Balaban J connectivity index is 1.13. The van der Waals surface area contributed by atoms with Crippen molar-refractivity contribution in [3.63, 3.8) is 0 Å². The van der Waals surface area contributed by atoms with Crippen LogP contribution >= 0.6 is 11.3 Å². The summed E-state index contributed by atoms with van der Waals surface area (Å²) in [4.78, 5) is 0. The van der Waals surface area contributed by atoms with Gasteiger partial charge in [-0.25, -0.2) is 0 Å². The van der Waals surface area contributed by atoms with Gasteiger partial charge >= 0.3 is 0 Å². The molecule has 0 unspecified atom stereocenters. The zero-order chi connectivity index (χ0) is 40.2. The third-order valence-electron chi connectivity index (χ3n) is 13.8. The Morgan fingerprint density at radius 1 is 0.600 bits per heavy atom. The Morgan fingerprint density at radius 3 is 2.23 bits per heavy atom. The van der Waals surface area contributed by atoms with Gasteiger partial charge in [0.2, 0.25) is 0 Å². The lowest BCUT2D eigenvalue weighted by atomic mass is 9.59. The van der Waals surface area contributed by atoms with Crippen molar-refractivity contribution in [2.45, 2.75) is 45.4 Å². The van der Waals surface area contributed by atoms with E-state index in [1.165, 1.54) is 103 Å². The van der Waals surface area contributed by atoms with Gasteiger partial charge in [0.25, 0.3) is 0 Å². The van der Waals surface area contributed by atoms with Crippen molar-refractivity contribution in [2.75, 3.05) is 5.32 Å². The van der Waals surface area contributed by atoms with Crippen LogP contribution in [0.2, 0.25) is 0 Å². The normalized spacial score (nSPS) is 14.0. The zero-order valence-electron chi connectivity index (χ0n) is 34.3. The smallest absolute Gasteiger partial charge is 0.198 e. The second kappa shape index (κ2) is 11.8. The molecule has 286 valence electrons. The van der Waals surface area contributed by atoms with E-state index in [1.807, 2.05) is 11.3 Å². The Morgan fingerprint density at radius 2 is 1.38 bits per heavy atom. The van der Waals surface area contributed by atoms with E-state index in [0.717, 1.165) is 35.2 Å². The highest BCUT2D eigenvalue weighted by Gasteiger charge is 2.37. The molecule has 11 aromatic rings. The summed E-state index contributed by atoms with van der Waals surface area (Å²) in [7, 11) is 0.826. The number of fused-ring (bicyclic) bond motifs is 15. The van der Waals surface area contributed by atoms with Crippen LogP contribution in [0.3, 0.4) is 0 Å². The highest BCUT2D eigenvalue weighted by Crippen LogP contribution is 2.52. The predicted molar refractivity (Wildman–Crippen MR) is 259 cm³/mol. The number of rotatable bonds is 3. The van der Waals surface area contributed by atoms with Crippen LogP contribution in [0.4, 0.5) is 11.4 Å². The van der Waals surface area contributed by atoms with Crippen molar-refractivity contribution >= 4 is 105 Å². The first-order valence-electron chi connectivity index (χ1n) is 21.1. The molecule has 3 aromatic heterocycles. The van der Waals surface area contributed by atoms with Crippen molar-refractivity contribution in [1.29, 1.82) is 0 Å². The predicted octanol–water partition coefficient (Wildman–Crippen LogP) is 13.8. The lowest BCUT2D eigenvalue weighted by Gasteiger charge is -2.26. The standard InChI is InChI=1S/C55H41BN2OS/c1-54(2,3)30-18-20-31(21-19-30)57-43-28-41-37(32-12-6-9-15-40(32)55(41,4)5)26-38(43)34-22-23-36-50-44(24-25-47-51(50)35-14-7-10-16-46(35)59-47)58-45-29-49-39(27-42(45)56-52(34)53(36)58)33-13-8-11-17-48(33)60-49/h6-29,56-57H,1-5H3. The zero-order valence-corrected chi connectivity index (χ0v) is 35.1. The van der Waals surface area contributed by atoms with Gasteiger partial charge in [0.15, 0.2) is 7.28 Å². The van der Waals surface area contributed by atoms with Crippen LogP contribution in [0.5, 0.6) is 0 Å². The summed E-state index contributed by atoms with van der Waals surface area (Å²) in [6.45, 7) is 11.6. The number of hydrogen-bond acceptors (Lipinski definition) is 3. The molecule has 60 heavy (non-hydrogen) atoms. The van der Waals surface area contributed by atoms with Gasteiger partial charge in [-0.15, -0.1) is 11.3 Å². The van der Waals surface area contributed by atoms with E-state index in [9.17, 15) is 0 Å². The van der Waals surface area contributed by atoms with E-state index in [1.54, 1.807) is 0 Å². The monoisotopic (exact) mass is 788 g/mol. The Kier molecular flexibility index (Phi) is 6.75. The molecule has 1 N–H and O–H groups in total. The molecule has 8 aromatic carbocycles. The van der Waals surface area contributed by atoms with E-state index >= 15 is 0 Å². The van der Waals surface area contributed by atoms with Gasteiger partial charge in [-0.3, -0.25) is 0 Å². The number of anilines is 2. The van der Waals surface area contributed by atoms with Crippen LogP contribution in [0.15, 0.2) is 150 Å². The molecule has 4 heterocycles. The number of nitrogens with one attached hydrogen (secondary N) is 1. The first kappa shape index (κ1) is 34.3. The van der Waals surface area contributed by atoms with Crippen LogP contribution < -0.4 is 16.2 Å². The van der Waals surface area contributed by atoms with Crippen molar-refractivity contribution in [3.05, 3.63) is 162 Å². The molecular formula is C55H41BN2OS. The molecule has 1 aliphatic heterocycles. The molecular weight excluding hydrogens is 747 g/mol. The van der Waals surface area contributed by atoms with Gasteiger partial charge in [0.05, 0.1) is 5.52 Å². The highest BCUT2D eigenvalue weighted by molar-refractivity contribution is 7.25. The second-order valence-electron chi connectivity index (χ2n) is 18.6. The molecule has 0 fully saturated rings. The number of thiophene rings is 1. The molecule has 0 atom stereocenters. The number of furan rings is 1. The van der Waals surface area contributed by atoms with Crippen molar-refractivity contribution < 1.29 is 4.42 Å². The van der Waals surface area contributed by atoms with Crippen molar-refractivity contribution in [2.24, 2.45) is 0 Å². The quantitative estimate of drug-likeness (QED) is 0.181. The fraction of sp³-hybridized carbons (Fsp3) is 0.127. The summed E-state index contributed by atoms with van der Waals surface area (Å²) in [6, 6.07) is 54.6. The largest absolute Gasteiger partial charge is 0.456 e. The number of hydrogen-bond donors (Lipinski definition) is 1. The summed E-state index contributed by atoms with van der Waals surface area (Å²) < 4.78 is 11.8. The van der Waals surface area contributed by atoms with Crippen LogP contribution in [-0.2, 0) is 10.8 Å². The third kappa shape index (κ3) is 4.61. The molecule has 2 aliphatic rings. The number of benzene rings is 8. The maximum absolute atomic E-state index is 6.52. The summed E-state index contributed by atoms with van der Waals surface area (Å²) in [5, 5.41) is 11.5. The van der Waals surface area contributed by atoms with E-state index in [4.69, 9.17) is 4.42 Å². The molecule has 1 aliphatic carbocycles. The minimum atomic E-state index is -0.131. The van der Waals surface area contributed by atoms with E-state index in [-0.39, 0.29) is 10.8 Å². The lowest BCUT2D eigenvalue weighted by Crippen LogP contribution is -2.37. The van der Waals surface area contributed by atoms with Crippen LogP contribution in [0.1, 0.15) is 51.3 Å². The fourth-order valence-corrected chi connectivity index (χ4v) is 11.9. The third-order valence-corrected chi connectivity index (χ3v) is 14.9. The average molecular weight is 789 g/mol. The van der Waals surface area contributed by atoms with Gasteiger partial charge < -0.3 is 14.3 Å². The van der Waals surface area contributed by atoms with E-state index in [0.29, 0.717) is 0 Å². The van der Waals surface area contributed by atoms with Gasteiger partial charge in [-0.1, -0.05) is 131 Å². The SMILES string of the molecule is CC(C)(C)c1ccc(Nc2cc3c(cc2-c2ccc4c5c6c(ccc5n5c4c2Bc2cc4c(cc2-5)sc2ccccc24)oc2ccccc26)-c2ccccc2C3(C)C)cc1. The van der Waals surface area contributed by atoms with Crippen LogP contribution in [-0.4, -0.2) is 11.8 Å². The molecule has 13 rings (SSSR count). The Bertz CT molecular complexity index is 3670. The Labute approximate surface area is 353 Å². The highest BCUT2D eigenvalue weighted by atomic mass is 32.1. The second-order valence-corrected chi connectivity index (χ2v) is 19.7. The maximum Gasteiger partial charge on any atom is 0.198 e. The molecule has 0 radical (unpaired) electrons. The van der Waals surface area contributed by atoms with Gasteiger partial charge in [0, 0.05) is 69.9 Å². The minimum Gasteiger partial charge on any atom is -0.456 e. The molecule has 0 spiro atoms. The average Bonchev–Trinajstić information content (AvgIpc) is 3.97. The van der Waals surface area contributed by atoms with Crippen molar-refractivity contribution in [3.8, 4) is 27.9 Å². The fourth-order valence-electron chi connectivity index (χ4n) is 10.8. The molecule has 0 saturated carbocycles. The summed E-state index contributed by atoms with van der Waals surface area (Å²) in [5.41, 5.74) is 19.7. The summed E-state index contributed by atoms with van der Waals surface area (Å²) in [6.07, 6.45) is 0. The number of aromatic nitrogens is 1. The molecule has 0 amide bonds. The topological polar surface area (TPSA) is 30.1 Å². The summed E-state index contributed by atoms with van der Waals surface area (Å²) in [5.74, 6) is 0. The first-order chi connectivity index (χ1) is 29.1. The molecule has 0 bridgehead atoms. The summed E-state index contributed by atoms with van der Waals surface area (Å²) >= 11 is 1.89. The van der Waals surface area contributed by atoms with Crippen LogP contribution in [0, 0.1) is 0 Å². The molecule has 3 nitrogen and oxygen atoms in total. The lowest BCUT2D eigenvalue weighted by molar-refractivity contribution is 0.590.